The van der Waals surface area contributed by atoms with E-state index >= 15 is 0 Å². The molecule has 0 aliphatic heterocycles. The summed E-state index contributed by atoms with van der Waals surface area (Å²) in [4.78, 5) is 12.6. The van der Waals surface area contributed by atoms with E-state index in [2.05, 4.69) is 20.1 Å². The average Bonchev–Trinajstić information content (AvgIpc) is 2.54. The third-order valence-electron chi connectivity index (χ3n) is 2.83. The maximum absolute atomic E-state index is 8.95. The minimum Gasteiger partial charge on any atom is -0.409 e. The Bertz CT molecular complexity index is 807. The molecule has 1 aromatic carbocycles. The summed E-state index contributed by atoms with van der Waals surface area (Å²) < 4.78 is 0. The zero-order valence-corrected chi connectivity index (χ0v) is 11.7. The van der Waals surface area contributed by atoms with Crippen LogP contribution in [0.15, 0.2) is 64.1 Å². The molecular formula is C14H11N5OS. The molecule has 0 fully saturated rings. The summed E-state index contributed by atoms with van der Waals surface area (Å²) in [7, 11) is 0. The summed E-state index contributed by atoms with van der Waals surface area (Å²) in [5.41, 5.74) is 7.16. The highest BCUT2D eigenvalue weighted by Gasteiger charge is 2.13. The van der Waals surface area contributed by atoms with Gasteiger partial charge in [-0.15, -0.1) is 0 Å². The number of hydrogen-bond acceptors (Lipinski definition) is 6. The topological polar surface area (TPSA) is 97.3 Å². The van der Waals surface area contributed by atoms with Crippen LogP contribution in [0.2, 0.25) is 0 Å². The van der Waals surface area contributed by atoms with Crippen molar-refractivity contribution in [2.75, 3.05) is 0 Å². The van der Waals surface area contributed by atoms with Crippen LogP contribution >= 0.6 is 11.8 Å². The molecule has 0 saturated carbocycles. The zero-order chi connectivity index (χ0) is 14.7. The Balaban J connectivity index is 2.14. The van der Waals surface area contributed by atoms with Gasteiger partial charge < -0.3 is 10.9 Å². The van der Waals surface area contributed by atoms with Gasteiger partial charge in [-0.1, -0.05) is 23.4 Å². The number of fused-ring (bicyclic) bond motifs is 1. The predicted molar refractivity (Wildman–Crippen MR) is 80.4 cm³/mol. The van der Waals surface area contributed by atoms with Crippen LogP contribution in [0.5, 0.6) is 0 Å². The molecule has 0 aliphatic carbocycles. The van der Waals surface area contributed by atoms with E-state index in [0.29, 0.717) is 10.6 Å². The Morgan fingerprint density at radius 1 is 1.24 bits per heavy atom. The SMILES string of the molecule is NC(=NO)c1cc2ccccc2nc1Sc1ccncn1. The molecule has 2 heterocycles. The molecule has 3 N–H and O–H groups in total. The van der Waals surface area contributed by atoms with Gasteiger partial charge in [-0.3, -0.25) is 0 Å². The van der Waals surface area contributed by atoms with Crippen molar-refractivity contribution >= 4 is 28.5 Å². The van der Waals surface area contributed by atoms with E-state index in [0.717, 1.165) is 15.9 Å². The summed E-state index contributed by atoms with van der Waals surface area (Å²) in [5, 5.41) is 14.3. The van der Waals surface area contributed by atoms with Crippen molar-refractivity contribution < 1.29 is 5.21 Å². The van der Waals surface area contributed by atoms with Crippen molar-refractivity contribution in [3.8, 4) is 0 Å². The number of para-hydroxylation sites is 1. The third-order valence-corrected chi connectivity index (χ3v) is 3.78. The molecule has 0 atom stereocenters. The highest BCUT2D eigenvalue weighted by Crippen LogP contribution is 2.29. The molecule has 7 heteroatoms. The van der Waals surface area contributed by atoms with E-state index in [4.69, 9.17) is 10.9 Å². The van der Waals surface area contributed by atoms with Crippen molar-refractivity contribution in [2.24, 2.45) is 10.9 Å². The second kappa shape index (κ2) is 5.76. The third kappa shape index (κ3) is 2.77. The Morgan fingerprint density at radius 2 is 2.10 bits per heavy atom. The van der Waals surface area contributed by atoms with Crippen LogP contribution in [0.3, 0.4) is 0 Å². The van der Waals surface area contributed by atoms with Gasteiger partial charge in [0.2, 0.25) is 0 Å². The van der Waals surface area contributed by atoms with E-state index in [9.17, 15) is 0 Å². The molecule has 6 nitrogen and oxygen atoms in total. The summed E-state index contributed by atoms with van der Waals surface area (Å²) >= 11 is 1.34. The fourth-order valence-corrected chi connectivity index (χ4v) is 2.70. The van der Waals surface area contributed by atoms with Crippen LogP contribution in [0.25, 0.3) is 10.9 Å². The fraction of sp³-hybridized carbons (Fsp3) is 0. The number of aromatic nitrogens is 3. The van der Waals surface area contributed by atoms with Gasteiger partial charge in [0.05, 0.1) is 11.1 Å². The molecule has 0 saturated heterocycles. The maximum Gasteiger partial charge on any atom is 0.172 e. The molecule has 3 rings (SSSR count). The fourth-order valence-electron chi connectivity index (χ4n) is 1.85. The Labute approximate surface area is 124 Å². The van der Waals surface area contributed by atoms with Crippen molar-refractivity contribution in [1.82, 2.24) is 15.0 Å². The number of hydrogen-bond donors (Lipinski definition) is 2. The Hall–Kier alpha value is -2.67. The lowest BCUT2D eigenvalue weighted by Gasteiger charge is -2.08. The summed E-state index contributed by atoms with van der Waals surface area (Å²) in [5.74, 6) is 0.0183. The first-order valence-electron chi connectivity index (χ1n) is 6.09. The number of nitrogens with two attached hydrogens (primary N) is 1. The first-order chi connectivity index (χ1) is 10.3. The number of amidine groups is 1. The standard InChI is InChI=1S/C14H11N5OS/c15-13(19-20)10-7-9-3-1-2-4-11(9)18-14(10)21-12-5-6-16-8-17-12/h1-8,20H,(H2,15,19). The van der Waals surface area contributed by atoms with Crippen molar-refractivity contribution in [3.63, 3.8) is 0 Å². The molecule has 0 radical (unpaired) electrons. The minimum absolute atomic E-state index is 0.0183. The molecular weight excluding hydrogens is 286 g/mol. The van der Waals surface area contributed by atoms with E-state index in [1.165, 1.54) is 18.1 Å². The minimum atomic E-state index is 0.0183. The number of rotatable bonds is 3. The predicted octanol–water partition coefficient (Wildman–Crippen LogP) is 2.27. The van der Waals surface area contributed by atoms with E-state index in [1.807, 2.05) is 30.3 Å². The van der Waals surface area contributed by atoms with Crippen molar-refractivity contribution in [2.45, 2.75) is 10.1 Å². The molecule has 0 unspecified atom stereocenters. The monoisotopic (exact) mass is 297 g/mol. The van der Waals surface area contributed by atoms with Gasteiger partial charge in [-0.25, -0.2) is 15.0 Å². The molecule has 2 aromatic heterocycles. The van der Waals surface area contributed by atoms with Gasteiger partial charge in [-0.05, 0) is 30.0 Å². The van der Waals surface area contributed by atoms with E-state index in [1.54, 1.807) is 12.3 Å². The number of pyridine rings is 1. The molecule has 104 valence electrons. The van der Waals surface area contributed by atoms with Crippen molar-refractivity contribution in [3.05, 3.63) is 54.5 Å². The number of nitrogens with zero attached hydrogens (tertiary/aromatic N) is 4. The molecule has 0 spiro atoms. The van der Waals surface area contributed by atoms with Gasteiger partial charge in [0.25, 0.3) is 0 Å². The molecule has 0 bridgehead atoms. The first-order valence-corrected chi connectivity index (χ1v) is 6.91. The van der Waals surface area contributed by atoms with Gasteiger partial charge in [0.15, 0.2) is 5.84 Å². The smallest absolute Gasteiger partial charge is 0.172 e. The second-order valence-electron chi connectivity index (χ2n) is 4.17. The van der Waals surface area contributed by atoms with Crippen LogP contribution in [-0.2, 0) is 0 Å². The molecule has 0 aliphatic rings. The first kappa shape index (κ1) is 13.3. The average molecular weight is 297 g/mol. The number of benzene rings is 1. The van der Waals surface area contributed by atoms with Crippen molar-refractivity contribution in [1.29, 1.82) is 0 Å². The van der Waals surface area contributed by atoms with Gasteiger partial charge in [-0.2, -0.15) is 0 Å². The molecule has 21 heavy (non-hydrogen) atoms. The van der Waals surface area contributed by atoms with Gasteiger partial charge in [0, 0.05) is 11.6 Å². The highest BCUT2D eigenvalue weighted by molar-refractivity contribution is 7.99. The Morgan fingerprint density at radius 3 is 2.86 bits per heavy atom. The van der Waals surface area contributed by atoms with Crippen LogP contribution in [0.1, 0.15) is 5.56 Å². The van der Waals surface area contributed by atoms with Crippen LogP contribution in [0.4, 0.5) is 0 Å². The Kier molecular flexibility index (Phi) is 3.65. The quantitative estimate of drug-likeness (QED) is 0.253. The van der Waals surface area contributed by atoms with E-state index < -0.39 is 0 Å². The zero-order valence-electron chi connectivity index (χ0n) is 10.8. The van der Waals surface area contributed by atoms with E-state index in [-0.39, 0.29) is 5.84 Å². The summed E-state index contributed by atoms with van der Waals surface area (Å²) in [6.45, 7) is 0. The largest absolute Gasteiger partial charge is 0.409 e. The molecule has 0 amide bonds. The highest BCUT2D eigenvalue weighted by atomic mass is 32.2. The maximum atomic E-state index is 8.95. The van der Waals surface area contributed by atoms with Gasteiger partial charge in [0.1, 0.15) is 16.4 Å². The van der Waals surface area contributed by atoms with Crippen LogP contribution < -0.4 is 5.73 Å². The lowest BCUT2D eigenvalue weighted by atomic mass is 10.1. The second-order valence-corrected chi connectivity index (χ2v) is 5.18. The van der Waals surface area contributed by atoms with Crippen LogP contribution in [-0.4, -0.2) is 26.0 Å². The molecule has 3 aromatic rings. The summed E-state index contributed by atoms with van der Waals surface area (Å²) in [6.07, 6.45) is 3.12. The van der Waals surface area contributed by atoms with Crippen LogP contribution in [0, 0.1) is 0 Å². The summed E-state index contributed by atoms with van der Waals surface area (Å²) in [6, 6.07) is 11.3. The number of oxime groups is 1. The lowest BCUT2D eigenvalue weighted by Crippen LogP contribution is -2.15. The van der Waals surface area contributed by atoms with Gasteiger partial charge >= 0.3 is 0 Å². The normalized spacial score (nSPS) is 11.7. The lowest BCUT2D eigenvalue weighted by molar-refractivity contribution is 0.318.